The zero-order valence-corrected chi connectivity index (χ0v) is 13.7. The largest absolute Gasteiger partial charge is 0.484 e. The van der Waals surface area contributed by atoms with Gasteiger partial charge in [0.05, 0.1) is 0 Å². The Kier molecular flexibility index (Phi) is 5.66. The van der Waals surface area contributed by atoms with E-state index >= 15 is 0 Å². The average Bonchev–Trinajstić information content (AvgIpc) is 2.53. The molecular formula is C16H21ClN2O3. The number of carbonyl (C=O) groups is 2. The van der Waals surface area contributed by atoms with Gasteiger partial charge < -0.3 is 14.5 Å². The molecule has 1 aromatic rings. The normalized spacial score (nSPS) is 15.5. The lowest BCUT2D eigenvalue weighted by Gasteiger charge is -2.32. The number of amides is 2. The van der Waals surface area contributed by atoms with Crippen molar-refractivity contribution in [1.82, 2.24) is 9.80 Å². The van der Waals surface area contributed by atoms with Crippen molar-refractivity contribution in [3.05, 3.63) is 29.3 Å². The fraction of sp³-hybridized carbons (Fsp3) is 0.500. The third-order valence-corrected chi connectivity index (χ3v) is 4.07. The molecular weight excluding hydrogens is 304 g/mol. The first-order chi connectivity index (χ1) is 10.5. The van der Waals surface area contributed by atoms with Crippen molar-refractivity contribution >= 4 is 23.4 Å². The molecule has 0 spiro atoms. The lowest BCUT2D eigenvalue weighted by Crippen LogP contribution is -2.44. The summed E-state index contributed by atoms with van der Waals surface area (Å²) in [5, 5.41) is 0.631. The second kappa shape index (κ2) is 7.49. The number of halogens is 1. The molecule has 1 heterocycles. The number of piperidine rings is 1. The van der Waals surface area contributed by atoms with Crippen LogP contribution in [0.15, 0.2) is 24.3 Å². The van der Waals surface area contributed by atoms with E-state index in [0.29, 0.717) is 36.7 Å². The first-order valence-electron chi connectivity index (χ1n) is 7.34. The summed E-state index contributed by atoms with van der Waals surface area (Å²) in [4.78, 5) is 27.4. The Morgan fingerprint density at radius 2 is 1.82 bits per heavy atom. The van der Waals surface area contributed by atoms with E-state index in [1.807, 2.05) is 0 Å². The van der Waals surface area contributed by atoms with Crippen LogP contribution in [-0.4, -0.2) is 55.4 Å². The number of benzene rings is 1. The minimum Gasteiger partial charge on any atom is -0.484 e. The summed E-state index contributed by atoms with van der Waals surface area (Å²) in [5.41, 5.74) is 0. The number of hydrogen-bond acceptors (Lipinski definition) is 3. The molecule has 0 atom stereocenters. The molecule has 6 heteroatoms. The predicted octanol–water partition coefficient (Wildman–Crippen LogP) is 2.05. The van der Waals surface area contributed by atoms with E-state index in [1.165, 1.54) is 0 Å². The summed E-state index contributed by atoms with van der Waals surface area (Å²) >= 11 is 5.80. The monoisotopic (exact) mass is 324 g/mol. The van der Waals surface area contributed by atoms with Crippen LogP contribution in [0.3, 0.4) is 0 Å². The highest BCUT2D eigenvalue weighted by Gasteiger charge is 2.28. The van der Waals surface area contributed by atoms with Gasteiger partial charge in [0.15, 0.2) is 6.61 Å². The minimum atomic E-state index is -0.0503. The molecule has 1 fully saturated rings. The summed E-state index contributed by atoms with van der Waals surface area (Å²) in [6, 6.07) is 6.91. The molecule has 0 radical (unpaired) electrons. The second-order valence-corrected chi connectivity index (χ2v) is 6.07. The first kappa shape index (κ1) is 16.6. The molecule has 1 aromatic carbocycles. The van der Waals surface area contributed by atoms with Crippen LogP contribution in [0.1, 0.15) is 12.8 Å². The van der Waals surface area contributed by atoms with Gasteiger partial charge in [-0.1, -0.05) is 11.6 Å². The summed E-state index contributed by atoms with van der Waals surface area (Å²) < 4.78 is 5.46. The molecule has 0 aliphatic carbocycles. The minimum absolute atomic E-state index is 0.00786. The summed E-state index contributed by atoms with van der Waals surface area (Å²) in [7, 11) is 3.53. The Balaban J connectivity index is 1.77. The highest BCUT2D eigenvalue weighted by atomic mass is 35.5. The maximum absolute atomic E-state index is 12.1. The maximum atomic E-state index is 12.1. The van der Waals surface area contributed by atoms with E-state index in [0.717, 1.165) is 0 Å². The van der Waals surface area contributed by atoms with Crippen LogP contribution in [0.2, 0.25) is 5.02 Å². The molecule has 22 heavy (non-hydrogen) atoms. The lowest BCUT2D eigenvalue weighted by molar-refractivity contribution is -0.140. The highest BCUT2D eigenvalue weighted by Crippen LogP contribution is 2.20. The molecule has 0 N–H and O–H groups in total. The van der Waals surface area contributed by atoms with Crippen molar-refractivity contribution in [3.63, 3.8) is 0 Å². The summed E-state index contributed by atoms with van der Waals surface area (Å²) in [5.74, 6) is 0.738. The van der Waals surface area contributed by atoms with Crippen LogP contribution in [0.5, 0.6) is 5.75 Å². The third-order valence-electron chi connectivity index (χ3n) is 3.81. The topological polar surface area (TPSA) is 49.9 Å². The molecule has 1 saturated heterocycles. The fourth-order valence-corrected chi connectivity index (χ4v) is 2.63. The number of carbonyl (C=O) groups excluding carboxylic acids is 2. The zero-order chi connectivity index (χ0) is 16.1. The van der Waals surface area contributed by atoms with Crippen LogP contribution >= 0.6 is 11.6 Å². The van der Waals surface area contributed by atoms with Crippen LogP contribution in [0, 0.1) is 5.92 Å². The Labute approximate surface area is 135 Å². The number of nitrogens with zero attached hydrogens (tertiary/aromatic N) is 2. The van der Waals surface area contributed by atoms with Gasteiger partial charge in [-0.3, -0.25) is 9.59 Å². The molecule has 5 nitrogen and oxygen atoms in total. The molecule has 0 aromatic heterocycles. The molecule has 120 valence electrons. The van der Waals surface area contributed by atoms with Crippen molar-refractivity contribution in [3.8, 4) is 5.75 Å². The van der Waals surface area contributed by atoms with E-state index in [4.69, 9.17) is 16.3 Å². The van der Waals surface area contributed by atoms with Gasteiger partial charge in [0, 0.05) is 38.1 Å². The smallest absolute Gasteiger partial charge is 0.260 e. The molecule has 2 rings (SSSR count). The van der Waals surface area contributed by atoms with Crippen LogP contribution in [-0.2, 0) is 9.59 Å². The summed E-state index contributed by atoms with van der Waals surface area (Å²) in [6.45, 7) is 1.22. The lowest BCUT2D eigenvalue weighted by atomic mass is 9.95. The second-order valence-electron chi connectivity index (χ2n) is 5.63. The van der Waals surface area contributed by atoms with Crippen molar-refractivity contribution in [2.45, 2.75) is 12.8 Å². The van der Waals surface area contributed by atoms with Gasteiger partial charge >= 0.3 is 0 Å². The quantitative estimate of drug-likeness (QED) is 0.851. The predicted molar refractivity (Wildman–Crippen MR) is 84.9 cm³/mol. The van der Waals surface area contributed by atoms with Gasteiger partial charge in [0.25, 0.3) is 5.91 Å². The van der Waals surface area contributed by atoms with Gasteiger partial charge in [-0.2, -0.15) is 0 Å². The number of hydrogen-bond donors (Lipinski definition) is 0. The van der Waals surface area contributed by atoms with Gasteiger partial charge in [-0.05, 0) is 37.1 Å². The standard InChI is InChI=1S/C16H21ClN2O3/c1-18(2)16(21)12-7-9-19(10-8-12)15(20)11-22-14-5-3-13(17)4-6-14/h3-6,12H,7-11H2,1-2H3. The molecule has 1 aliphatic rings. The molecule has 1 aliphatic heterocycles. The Hall–Kier alpha value is -1.75. The molecule has 0 saturated carbocycles. The number of ether oxygens (including phenoxy) is 1. The van der Waals surface area contributed by atoms with Crippen molar-refractivity contribution in [1.29, 1.82) is 0 Å². The van der Waals surface area contributed by atoms with Gasteiger partial charge in [-0.15, -0.1) is 0 Å². The SMILES string of the molecule is CN(C)C(=O)C1CCN(C(=O)COc2ccc(Cl)cc2)CC1. The van der Waals surface area contributed by atoms with Crippen LogP contribution in [0.4, 0.5) is 0 Å². The van der Waals surface area contributed by atoms with E-state index < -0.39 is 0 Å². The summed E-state index contributed by atoms with van der Waals surface area (Å²) in [6.07, 6.45) is 1.42. The molecule has 2 amide bonds. The third kappa shape index (κ3) is 4.37. The van der Waals surface area contributed by atoms with Gasteiger partial charge in [0.2, 0.25) is 5.91 Å². The molecule has 0 bridgehead atoms. The molecule has 0 unspecified atom stereocenters. The average molecular weight is 325 g/mol. The van der Waals surface area contributed by atoms with Gasteiger partial charge in [0.1, 0.15) is 5.75 Å². The maximum Gasteiger partial charge on any atom is 0.260 e. The van der Waals surface area contributed by atoms with E-state index in [2.05, 4.69) is 0 Å². The van der Waals surface area contributed by atoms with E-state index in [-0.39, 0.29) is 24.3 Å². The highest BCUT2D eigenvalue weighted by molar-refractivity contribution is 6.30. The Bertz CT molecular complexity index is 523. The van der Waals surface area contributed by atoms with E-state index in [9.17, 15) is 9.59 Å². The van der Waals surface area contributed by atoms with Crippen LogP contribution < -0.4 is 4.74 Å². The zero-order valence-electron chi connectivity index (χ0n) is 12.9. The number of likely N-dealkylation sites (tertiary alicyclic amines) is 1. The first-order valence-corrected chi connectivity index (χ1v) is 7.72. The van der Waals surface area contributed by atoms with Crippen LogP contribution in [0.25, 0.3) is 0 Å². The fourth-order valence-electron chi connectivity index (χ4n) is 2.51. The van der Waals surface area contributed by atoms with Crippen molar-refractivity contribution in [2.24, 2.45) is 5.92 Å². The Morgan fingerprint density at radius 3 is 2.36 bits per heavy atom. The van der Waals surface area contributed by atoms with Crippen molar-refractivity contribution in [2.75, 3.05) is 33.8 Å². The van der Waals surface area contributed by atoms with E-state index in [1.54, 1.807) is 48.2 Å². The Morgan fingerprint density at radius 1 is 1.23 bits per heavy atom. The van der Waals surface area contributed by atoms with Crippen molar-refractivity contribution < 1.29 is 14.3 Å². The van der Waals surface area contributed by atoms with Gasteiger partial charge in [-0.25, -0.2) is 0 Å². The number of rotatable bonds is 4.